The van der Waals surface area contributed by atoms with Gasteiger partial charge in [-0.25, -0.2) is 4.98 Å². The van der Waals surface area contributed by atoms with Gasteiger partial charge >= 0.3 is 0 Å². The van der Waals surface area contributed by atoms with Crippen LogP contribution in [-0.4, -0.2) is 26.0 Å². The minimum atomic E-state index is -1.48. The SMILES string of the molecule is O=c1[nH]c2cc(Cl)ccc2nc1/C(=N/O)[C@H](O)c1ccc(Cl)cc1Cl. The van der Waals surface area contributed by atoms with Crippen LogP contribution >= 0.6 is 34.8 Å². The minimum Gasteiger partial charge on any atom is -0.410 e. The van der Waals surface area contributed by atoms with Gasteiger partial charge in [0, 0.05) is 20.6 Å². The first-order chi connectivity index (χ1) is 11.9. The molecular weight excluding hydrogens is 389 g/mol. The number of hydrogen-bond acceptors (Lipinski definition) is 5. The number of hydrogen-bond donors (Lipinski definition) is 3. The van der Waals surface area contributed by atoms with Crippen molar-refractivity contribution < 1.29 is 10.3 Å². The summed E-state index contributed by atoms with van der Waals surface area (Å²) in [6.07, 6.45) is -1.48. The number of rotatable bonds is 3. The van der Waals surface area contributed by atoms with Crippen LogP contribution in [0.25, 0.3) is 11.0 Å². The Balaban J connectivity index is 2.12. The summed E-state index contributed by atoms with van der Waals surface area (Å²) in [5.41, 5.74) is -0.187. The Hall–Kier alpha value is -2.12. The van der Waals surface area contributed by atoms with Gasteiger partial charge in [0.05, 0.1) is 11.0 Å². The predicted molar refractivity (Wildman–Crippen MR) is 97.1 cm³/mol. The highest BCUT2D eigenvalue weighted by atomic mass is 35.5. The van der Waals surface area contributed by atoms with Gasteiger partial charge in [0.1, 0.15) is 11.8 Å². The number of aromatic nitrogens is 2. The summed E-state index contributed by atoms with van der Waals surface area (Å²) in [4.78, 5) is 19.0. The molecule has 0 spiro atoms. The molecule has 128 valence electrons. The number of aromatic amines is 1. The van der Waals surface area contributed by atoms with Crippen molar-refractivity contribution >= 4 is 51.5 Å². The highest BCUT2D eigenvalue weighted by molar-refractivity contribution is 6.35. The molecule has 3 aromatic rings. The molecule has 0 saturated carbocycles. The van der Waals surface area contributed by atoms with Gasteiger partial charge in [0.15, 0.2) is 5.69 Å². The number of fused-ring (bicyclic) bond motifs is 1. The number of H-pyrrole nitrogens is 1. The second kappa shape index (κ2) is 7.01. The van der Waals surface area contributed by atoms with Gasteiger partial charge < -0.3 is 15.3 Å². The summed E-state index contributed by atoms with van der Waals surface area (Å²) >= 11 is 17.8. The van der Waals surface area contributed by atoms with Crippen molar-refractivity contribution in [2.45, 2.75) is 6.10 Å². The fraction of sp³-hybridized carbons (Fsp3) is 0.0625. The first kappa shape index (κ1) is 17.7. The van der Waals surface area contributed by atoms with Crippen LogP contribution in [0.3, 0.4) is 0 Å². The molecule has 1 aromatic heterocycles. The standard InChI is InChI=1S/C16H10Cl3N3O3/c17-7-1-3-9(10(19)5-7)15(23)13(22-25)14-16(24)21-12-6-8(18)2-4-11(12)20-14/h1-6,15,23,25H,(H,21,24)/b22-13-/t15-/m1/s1. The van der Waals surface area contributed by atoms with E-state index < -0.39 is 11.7 Å². The summed E-state index contributed by atoms with van der Waals surface area (Å²) in [5, 5.41) is 23.9. The number of oxime groups is 1. The zero-order valence-corrected chi connectivity index (χ0v) is 14.6. The zero-order chi connectivity index (χ0) is 18.1. The molecule has 0 radical (unpaired) electrons. The third-order valence-corrected chi connectivity index (χ3v) is 4.32. The smallest absolute Gasteiger partial charge is 0.276 e. The van der Waals surface area contributed by atoms with Crippen molar-refractivity contribution in [3.8, 4) is 0 Å². The zero-order valence-electron chi connectivity index (χ0n) is 12.4. The molecule has 0 amide bonds. The maximum atomic E-state index is 12.3. The molecule has 0 aliphatic rings. The molecule has 3 N–H and O–H groups in total. The van der Waals surface area contributed by atoms with Crippen LogP contribution in [0.1, 0.15) is 17.4 Å². The normalized spacial score (nSPS) is 13.2. The molecule has 1 atom stereocenters. The third-order valence-electron chi connectivity index (χ3n) is 3.52. The van der Waals surface area contributed by atoms with Crippen molar-refractivity contribution in [2.24, 2.45) is 5.16 Å². The molecule has 0 aliphatic carbocycles. The van der Waals surface area contributed by atoms with Crippen LogP contribution in [0.5, 0.6) is 0 Å². The molecule has 1 heterocycles. The second-order valence-corrected chi connectivity index (χ2v) is 6.41. The van der Waals surface area contributed by atoms with Crippen LogP contribution in [0.4, 0.5) is 0 Å². The Bertz CT molecular complexity index is 1050. The summed E-state index contributed by atoms with van der Waals surface area (Å²) in [6.45, 7) is 0. The molecule has 9 heteroatoms. The van der Waals surface area contributed by atoms with Crippen molar-refractivity contribution in [3.63, 3.8) is 0 Å². The average Bonchev–Trinajstić information content (AvgIpc) is 2.56. The molecule has 25 heavy (non-hydrogen) atoms. The van der Waals surface area contributed by atoms with E-state index in [1.54, 1.807) is 12.1 Å². The van der Waals surface area contributed by atoms with Crippen molar-refractivity contribution in [1.29, 1.82) is 0 Å². The number of nitrogens with zero attached hydrogens (tertiary/aromatic N) is 2. The van der Waals surface area contributed by atoms with E-state index in [0.717, 1.165) is 0 Å². The maximum absolute atomic E-state index is 12.3. The van der Waals surface area contributed by atoms with Gasteiger partial charge in [0.25, 0.3) is 5.56 Å². The Kier molecular flexibility index (Phi) is 4.96. The lowest BCUT2D eigenvalue weighted by atomic mass is 10.0. The number of halogens is 3. The highest BCUT2D eigenvalue weighted by Gasteiger charge is 2.24. The first-order valence-corrected chi connectivity index (χ1v) is 8.09. The van der Waals surface area contributed by atoms with Crippen LogP contribution in [0, 0.1) is 0 Å². The minimum absolute atomic E-state index is 0.158. The van der Waals surface area contributed by atoms with Crippen molar-refractivity contribution in [3.05, 3.63) is 73.1 Å². The van der Waals surface area contributed by atoms with E-state index in [9.17, 15) is 15.1 Å². The lowest BCUT2D eigenvalue weighted by Crippen LogP contribution is -2.25. The van der Waals surface area contributed by atoms with E-state index in [-0.39, 0.29) is 22.0 Å². The molecule has 0 unspecified atom stereocenters. The third kappa shape index (κ3) is 3.48. The van der Waals surface area contributed by atoms with Gasteiger partial charge in [-0.05, 0) is 30.3 Å². The van der Waals surface area contributed by atoms with Crippen molar-refractivity contribution in [2.75, 3.05) is 0 Å². The van der Waals surface area contributed by atoms with Crippen LogP contribution in [0.15, 0.2) is 46.3 Å². The maximum Gasteiger partial charge on any atom is 0.276 e. The molecule has 0 aliphatic heterocycles. The van der Waals surface area contributed by atoms with Crippen LogP contribution in [0.2, 0.25) is 15.1 Å². The second-order valence-electron chi connectivity index (χ2n) is 5.13. The quantitative estimate of drug-likeness (QED) is 0.355. The molecule has 0 bridgehead atoms. The van der Waals surface area contributed by atoms with E-state index in [2.05, 4.69) is 15.1 Å². The summed E-state index contributed by atoms with van der Waals surface area (Å²) in [7, 11) is 0. The summed E-state index contributed by atoms with van der Waals surface area (Å²) in [5.74, 6) is 0. The summed E-state index contributed by atoms with van der Waals surface area (Å²) in [6, 6.07) is 9.14. The molecule has 0 fully saturated rings. The highest BCUT2D eigenvalue weighted by Crippen LogP contribution is 2.28. The van der Waals surface area contributed by atoms with E-state index in [0.29, 0.717) is 21.1 Å². The van der Waals surface area contributed by atoms with E-state index >= 15 is 0 Å². The summed E-state index contributed by atoms with van der Waals surface area (Å²) < 4.78 is 0. The first-order valence-electron chi connectivity index (χ1n) is 6.95. The van der Waals surface area contributed by atoms with Gasteiger partial charge in [-0.2, -0.15) is 0 Å². The molecule has 0 saturated heterocycles. The number of benzene rings is 2. The van der Waals surface area contributed by atoms with E-state index in [4.69, 9.17) is 34.8 Å². The Labute approximate surface area is 156 Å². The van der Waals surface area contributed by atoms with E-state index in [1.807, 2.05) is 0 Å². The number of aliphatic hydroxyl groups is 1. The predicted octanol–water partition coefficient (Wildman–Crippen LogP) is 3.80. The Morgan fingerprint density at radius 1 is 1.12 bits per heavy atom. The molecular formula is C16H10Cl3N3O3. The number of aliphatic hydroxyl groups excluding tert-OH is 1. The lowest BCUT2D eigenvalue weighted by Gasteiger charge is -2.14. The van der Waals surface area contributed by atoms with Gasteiger partial charge in [-0.15, -0.1) is 0 Å². The fourth-order valence-corrected chi connectivity index (χ4v) is 3.02. The largest absolute Gasteiger partial charge is 0.410 e. The van der Waals surface area contributed by atoms with Gasteiger partial charge in [-0.3, -0.25) is 4.79 Å². The van der Waals surface area contributed by atoms with E-state index in [1.165, 1.54) is 24.3 Å². The average molecular weight is 399 g/mol. The molecule has 3 rings (SSSR count). The number of nitrogens with one attached hydrogen (secondary N) is 1. The van der Waals surface area contributed by atoms with Gasteiger partial charge in [0.2, 0.25) is 0 Å². The van der Waals surface area contributed by atoms with Crippen molar-refractivity contribution in [1.82, 2.24) is 9.97 Å². The Morgan fingerprint density at radius 3 is 2.48 bits per heavy atom. The fourth-order valence-electron chi connectivity index (χ4n) is 2.33. The van der Waals surface area contributed by atoms with Crippen LogP contribution in [-0.2, 0) is 0 Å². The van der Waals surface area contributed by atoms with Gasteiger partial charge in [-0.1, -0.05) is 46.0 Å². The monoisotopic (exact) mass is 397 g/mol. The topological polar surface area (TPSA) is 98.6 Å². The van der Waals surface area contributed by atoms with Crippen LogP contribution < -0.4 is 5.56 Å². The molecule has 6 nitrogen and oxygen atoms in total. The Morgan fingerprint density at radius 2 is 1.80 bits per heavy atom. The molecule has 2 aromatic carbocycles. The lowest BCUT2D eigenvalue weighted by molar-refractivity contribution is 0.235.